The van der Waals surface area contributed by atoms with Gasteiger partial charge in [-0.25, -0.2) is 0 Å². The third kappa shape index (κ3) is 6.85. The topological polar surface area (TPSA) is 61.4 Å². The minimum atomic E-state index is 0.942. The molecule has 0 spiro atoms. The Balaban J connectivity index is 0.777. The van der Waals surface area contributed by atoms with Crippen LogP contribution in [0.15, 0.2) is 243 Å². The fourth-order valence-corrected chi connectivity index (χ4v) is 13.7. The lowest BCUT2D eigenvalue weighted by molar-refractivity contribution is 1.14. The van der Waals surface area contributed by atoms with Crippen molar-refractivity contribution in [3.63, 3.8) is 0 Å². The van der Waals surface area contributed by atoms with Crippen molar-refractivity contribution in [1.29, 1.82) is 0 Å². The second-order valence-corrected chi connectivity index (χ2v) is 21.6. The van der Waals surface area contributed by atoms with Gasteiger partial charge in [-0.1, -0.05) is 133 Å². The van der Waals surface area contributed by atoms with Gasteiger partial charge in [-0.15, -0.1) is 22.7 Å². The van der Waals surface area contributed by atoms with Crippen LogP contribution in [0.5, 0.6) is 0 Å². The molecule has 0 aliphatic rings. The second-order valence-electron chi connectivity index (χ2n) is 19.5. The van der Waals surface area contributed by atoms with Gasteiger partial charge in [0, 0.05) is 97.6 Å². The zero-order chi connectivity index (χ0) is 49.8. The van der Waals surface area contributed by atoms with Crippen LogP contribution >= 0.6 is 22.7 Å². The normalized spacial score (nSPS) is 11.9. The molecule has 76 heavy (non-hydrogen) atoms. The highest BCUT2D eigenvalue weighted by Crippen LogP contribution is 2.44. The first-order chi connectivity index (χ1) is 37.6. The maximum atomic E-state index is 5.26. The third-order valence-electron chi connectivity index (χ3n) is 15.1. The molecular formula is C68H40N6S2. The Morgan fingerprint density at radius 1 is 0.263 bits per heavy atom. The van der Waals surface area contributed by atoms with E-state index in [2.05, 4.69) is 214 Å². The van der Waals surface area contributed by atoms with Crippen molar-refractivity contribution in [3.8, 4) is 67.3 Å². The van der Waals surface area contributed by atoms with E-state index in [0.29, 0.717) is 0 Å². The Hall–Kier alpha value is -9.60. The van der Waals surface area contributed by atoms with Gasteiger partial charge in [0.15, 0.2) is 0 Å². The number of benzene rings is 8. The highest BCUT2D eigenvalue weighted by Gasteiger charge is 2.21. The summed E-state index contributed by atoms with van der Waals surface area (Å²) in [5.41, 5.74) is 19.2. The van der Waals surface area contributed by atoms with Gasteiger partial charge in [0.05, 0.1) is 56.4 Å². The standard InChI is InChI=1S/C68H40N6S2/c1-3-11-41(12-4-1)47-31-62-68(71-38-47)56-35-54-52-28-24-46(33-64(52)76-66(54)37-60(56)74(62)50-27-29-58(70-40-50)44-13-5-2-6-14-44)42-18-20-43(21-19-42)48-32-61-67(72-39-48)55-34-53-51-15-7-8-17-63(51)75-65(53)36-59(55)73(61)49-25-22-45(23-26-49)57-16-9-10-30-69-57/h1-40H. The lowest BCUT2D eigenvalue weighted by Gasteiger charge is -2.10. The van der Waals surface area contributed by atoms with Crippen molar-refractivity contribution in [2.75, 3.05) is 0 Å². The first kappa shape index (κ1) is 42.9. The van der Waals surface area contributed by atoms with Gasteiger partial charge in [-0.3, -0.25) is 19.9 Å². The van der Waals surface area contributed by atoms with Gasteiger partial charge in [-0.2, -0.15) is 0 Å². The zero-order valence-corrected chi connectivity index (χ0v) is 42.2. The van der Waals surface area contributed by atoms with E-state index in [9.17, 15) is 0 Å². The summed E-state index contributed by atoms with van der Waals surface area (Å²) in [7, 11) is 0. The molecule has 0 unspecified atom stereocenters. The van der Waals surface area contributed by atoms with Crippen LogP contribution in [0.3, 0.4) is 0 Å². The van der Waals surface area contributed by atoms with E-state index in [1.165, 1.54) is 51.5 Å². The molecule has 6 nitrogen and oxygen atoms in total. The Kier molecular flexibility index (Phi) is 9.57. The van der Waals surface area contributed by atoms with Crippen LogP contribution in [-0.2, 0) is 0 Å². The number of nitrogens with zero attached hydrogens (tertiary/aromatic N) is 6. The molecule has 8 aromatic heterocycles. The van der Waals surface area contributed by atoms with Gasteiger partial charge >= 0.3 is 0 Å². The summed E-state index contributed by atoms with van der Waals surface area (Å²) >= 11 is 3.68. The molecule has 0 bridgehead atoms. The highest BCUT2D eigenvalue weighted by molar-refractivity contribution is 7.26. The van der Waals surface area contributed by atoms with Gasteiger partial charge in [0.1, 0.15) is 0 Å². The highest BCUT2D eigenvalue weighted by atomic mass is 32.1. The molecule has 0 aliphatic carbocycles. The number of hydrogen-bond acceptors (Lipinski definition) is 6. The average molecular weight is 1010 g/mol. The molecule has 0 fully saturated rings. The second kappa shape index (κ2) is 17.0. The van der Waals surface area contributed by atoms with E-state index in [0.717, 1.165) is 100 Å². The first-order valence-corrected chi connectivity index (χ1v) is 27.0. The van der Waals surface area contributed by atoms with E-state index in [4.69, 9.17) is 15.0 Å². The Morgan fingerprint density at radius 2 is 0.763 bits per heavy atom. The molecule has 0 N–H and O–H groups in total. The number of rotatable bonds is 7. The molecule has 8 heteroatoms. The summed E-state index contributed by atoms with van der Waals surface area (Å²) in [6, 6.07) is 78.5. The Bertz CT molecular complexity index is 4940. The molecule has 8 aromatic carbocycles. The number of pyridine rings is 4. The van der Waals surface area contributed by atoms with Crippen molar-refractivity contribution in [1.82, 2.24) is 29.1 Å². The molecule has 0 radical (unpaired) electrons. The van der Waals surface area contributed by atoms with Gasteiger partial charge in [0.2, 0.25) is 0 Å². The molecule has 0 aliphatic heterocycles. The molecule has 0 atom stereocenters. The van der Waals surface area contributed by atoms with E-state index < -0.39 is 0 Å². The SMILES string of the molecule is c1ccc(-c2cnc3c4cc5c(cc4n(-c4ccc(-c6ccccc6)nc4)c3c2)sc2cc(-c3ccc(-c4cnc6c7cc8c(cc7n(-c7ccc(-c9ccccn9)cc7)c6c4)sc4ccccc48)cc3)ccc25)cc1. The summed E-state index contributed by atoms with van der Waals surface area (Å²) in [5.74, 6) is 0. The quantitative estimate of drug-likeness (QED) is 0.160. The van der Waals surface area contributed by atoms with E-state index >= 15 is 0 Å². The van der Waals surface area contributed by atoms with Crippen molar-refractivity contribution >= 4 is 107 Å². The summed E-state index contributed by atoms with van der Waals surface area (Å²) in [6.45, 7) is 0. The van der Waals surface area contributed by atoms with Crippen LogP contribution in [0.25, 0.3) is 151 Å². The monoisotopic (exact) mass is 1000 g/mol. The number of thiophene rings is 2. The maximum Gasteiger partial charge on any atom is 0.0964 e. The Labute approximate surface area is 443 Å². The van der Waals surface area contributed by atoms with Crippen molar-refractivity contribution in [3.05, 3.63) is 243 Å². The largest absolute Gasteiger partial charge is 0.308 e. The fraction of sp³-hybridized carbons (Fsp3) is 0. The molecule has 0 saturated heterocycles. The molecule has 8 heterocycles. The van der Waals surface area contributed by atoms with Gasteiger partial charge in [0.25, 0.3) is 0 Å². The fourth-order valence-electron chi connectivity index (χ4n) is 11.4. The van der Waals surface area contributed by atoms with E-state index in [1.54, 1.807) is 0 Å². The van der Waals surface area contributed by atoms with Crippen LogP contribution in [0, 0.1) is 0 Å². The molecular weight excluding hydrogens is 965 g/mol. The van der Waals surface area contributed by atoms with Gasteiger partial charge in [-0.05, 0) is 107 Å². The molecule has 354 valence electrons. The van der Waals surface area contributed by atoms with Crippen molar-refractivity contribution < 1.29 is 0 Å². The maximum absolute atomic E-state index is 5.26. The van der Waals surface area contributed by atoms with Crippen LogP contribution in [0.4, 0.5) is 0 Å². The van der Waals surface area contributed by atoms with Gasteiger partial charge < -0.3 is 9.13 Å². The Morgan fingerprint density at radius 3 is 1.41 bits per heavy atom. The number of fused-ring (bicyclic) bond motifs is 12. The van der Waals surface area contributed by atoms with Crippen LogP contribution in [-0.4, -0.2) is 29.1 Å². The molecule has 0 saturated carbocycles. The third-order valence-corrected chi connectivity index (χ3v) is 17.4. The van der Waals surface area contributed by atoms with Crippen LogP contribution < -0.4 is 0 Å². The van der Waals surface area contributed by atoms with Crippen LogP contribution in [0.2, 0.25) is 0 Å². The minimum Gasteiger partial charge on any atom is -0.308 e. The lowest BCUT2D eigenvalue weighted by Crippen LogP contribution is -1.96. The predicted molar refractivity (Wildman–Crippen MR) is 319 cm³/mol. The van der Waals surface area contributed by atoms with E-state index in [1.807, 2.05) is 65.7 Å². The summed E-state index contributed by atoms with van der Waals surface area (Å²) in [4.78, 5) is 20.0. The predicted octanol–water partition coefficient (Wildman–Crippen LogP) is 18.5. The van der Waals surface area contributed by atoms with Crippen molar-refractivity contribution in [2.24, 2.45) is 0 Å². The average Bonchev–Trinajstić information content (AvgIpc) is 4.24. The summed E-state index contributed by atoms with van der Waals surface area (Å²) < 4.78 is 9.75. The molecule has 0 amide bonds. The zero-order valence-electron chi connectivity index (χ0n) is 40.6. The van der Waals surface area contributed by atoms with Crippen molar-refractivity contribution in [2.45, 2.75) is 0 Å². The lowest BCUT2D eigenvalue weighted by atomic mass is 10.00. The van der Waals surface area contributed by atoms with E-state index in [-0.39, 0.29) is 0 Å². The molecule has 16 rings (SSSR count). The smallest absolute Gasteiger partial charge is 0.0964 e. The summed E-state index contributed by atoms with van der Waals surface area (Å²) in [6.07, 6.45) is 7.88. The first-order valence-electron chi connectivity index (χ1n) is 25.4. The number of aromatic nitrogens is 6. The minimum absolute atomic E-state index is 0.942. The van der Waals surface area contributed by atoms with Crippen LogP contribution in [0.1, 0.15) is 0 Å². The summed E-state index contributed by atoms with van der Waals surface area (Å²) in [5, 5.41) is 7.29. The number of hydrogen-bond donors (Lipinski definition) is 0. The molecule has 16 aromatic rings.